The van der Waals surface area contributed by atoms with Crippen LogP contribution in [0.3, 0.4) is 0 Å². The van der Waals surface area contributed by atoms with Gasteiger partial charge < -0.3 is 9.94 Å². The molecule has 3 rings (SSSR count). The molecule has 132 valence electrons. The first kappa shape index (κ1) is 17.6. The Bertz CT molecular complexity index is 965. The number of thiophene rings is 1. The number of nitrogens with one attached hydrogen (secondary N) is 1. The number of hydrogen-bond donors (Lipinski definition) is 2. The highest BCUT2D eigenvalue weighted by Crippen LogP contribution is 2.35. The minimum absolute atomic E-state index is 0.155. The van der Waals surface area contributed by atoms with Gasteiger partial charge in [-0.3, -0.25) is 4.79 Å². The molecule has 1 amide bonds. The van der Waals surface area contributed by atoms with E-state index in [1.54, 1.807) is 6.92 Å². The third-order valence-electron chi connectivity index (χ3n) is 3.56. The van der Waals surface area contributed by atoms with Crippen LogP contribution in [0.2, 0.25) is 0 Å². The Morgan fingerprint density at radius 2 is 1.92 bits per heavy atom. The van der Waals surface area contributed by atoms with Gasteiger partial charge in [-0.15, -0.1) is 11.3 Å². The summed E-state index contributed by atoms with van der Waals surface area (Å²) >= 11 is 1.39. The molecule has 0 spiro atoms. The van der Waals surface area contributed by atoms with Crippen molar-refractivity contribution in [2.45, 2.75) is 6.92 Å². The van der Waals surface area contributed by atoms with E-state index in [1.165, 1.54) is 17.6 Å². The number of fused-ring (bicyclic) bond motifs is 1. The van der Waals surface area contributed by atoms with Crippen molar-refractivity contribution in [1.29, 1.82) is 0 Å². The topological polar surface area (TPSA) is 83.3 Å². The maximum atomic E-state index is 11.7. The van der Waals surface area contributed by atoms with E-state index in [1.807, 2.05) is 54.6 Å². The first-order valence-corrected chi connectivity index (χ1v) is 8.71. The summed E-state index contributed by atoms with van der Waals surface area (Å²) in [5.41, 5.74) is 3.95. The smallest absolute Gasteiger partial charge is 0.280 e. The standard InChI is InChI=1S/C19H17N3O3S/c1-13(14-7-3-2-4-8-14)22-25-12-18(23)21-20-11-17-19(24)15-9-5-6-10-16(15)26-17/h2-11,24H,12H2,1H3,(H,21,23)/b20-11+,22-13?. The van der Waals surface area contributed by atoms with Crippen molar-refractivity contribution in [2.24, 2.45) is 10.3 Å². The molecule has 1 heterocycles. The fourth-order valence-electron chi connectivity index (χ4n) is 2.25. The van der Waals surface area contributed by atoms with Gasteiger partial charge in [0.05, 0.1) is 16.8 Å². The van der Waals surface area contributed by atoms with Crippen molar-refractivity contribution in [3.05, 3.63) is 65.0 Å². The Hall–Kier alpha value is -3.19. The first-order valence-electron chi connectivity index (χ1n) is 7.89. The Morgan fingerprint density at radius 1 is 1.19 bits per heavy atom. The Morgan fingerprint density at radius 3 is 2.69 bits per heavy atom. The zero-order valence-electron chi connectivity index (χ0n) is 14.0. The van der Waals surface area contributed by atoms with Gasteiger partial charge in [0.1, 0.15) is 5.75 Å². The van der Waals surface area contributed by atoms with E-state index in [4.69, 9.17) is 4.84 Å². The van der Waals surface area contributed by atoms with Crippen LogP contribution in [0, 0.1) is 0 Å². The number of hydrazone groups is 1. The fourth-order valence-corrected chi connectivity index (χ4v) is 3.22. The molecule has 0 atom stereocenters. The molecule has 0 saturated carbocycles. The van der Waals surface area contributed by atoms with E-state index in [0.717, 1.165) is 15.6 Å². The number of aromatic hydroxyl groups is 1. The van der Waals surface area contributed by atoms with Gasteiger partial charge in [0.2, 0.25) is 0 Å². The monoisotopic (exact) mass is 367 g/mol. The molecule has 2 N–H and O–H groups in total. The minimum Gasteiger partial charge on any atom is -0.506 e. The summed E-state index contributed by atoms with van der Waals surface area (Å²) in [5.74, 6) is -0.283. The van der Waals surface area contributed by atoms with Gasteiger partial charge in [-0.2, -0.15) is 5.10 Å². The average Bonchev–Trinajstić information content (AvgIpc) is 2.98. The number of nitrogens with zero attached hydrogens (tertiary/aromatic N) is 2. The van der Waals surface area contributed by atoms with Gasteiger partial charge in [-0.05, 0) is 24.6 Å². The second kappa shape index (κ2) is 8.26. The molecule has 2 aromatic carbocycles. The molecular formula is C19H17N3O3S. The lowest BCUT2D eigenvalue weighted by molar-refractivity contribution is -0.125. The van der Waals surface area contributed by atoms with Gasteiger partial charge in [0, 0.05) is 10.1 Å². The predicted molar refractivity (Wildman–Crippen MR) is 104 cm³/mol. The van der Waals surface area contributed by atoms with Crippen LogP contribution in [0.1, 0.15) is 17.4 Å². The summed E-state index contributed by atoms with van der Waals surface area (Å²) in [6.07, 6.45) is 1.41. The van der Waals surface area contributed by atoms with Gasteiger partial charge in [0.25, 0.3) is 5.91 Å². The van der Waals surface area contributed by atoms with E-state index >= 15 is 0 Å². The molecule has 7 heteroatoms. The molecule has 0 saturated heterocycles. The molecule has 0 radical (unpaired) electrons. The lowest BCUT2D eigenvalue weighted by Crippen LogP contribution is -2.22. The maximum absolute atomic E-state index is 11.7. The first-order chi connectivity index (χ1) is 12.6. The predicted octanol–water partition coefficient (Wildman–Crippen LogP) is 3.50. The van der Waals surface area contributed by atoms with Crippen molar-refractivity contribution >= 4 is 39.3 Å². The van der Waals surface area contributed by atoms with E-state index in [-0.39, 0.29) is 12.4 Å². The SMILES string of the molecule is CC(=NOCC(=O)N/N=C/c1sc2ccccc2c1O)c1ccccc1. The highest BCUT2D eigenvalue weighted by Gasteiger charge is 2.08. The van der Waals surface area contributed by atoms with Crippen LogP contribution in [-0.2, 0) is 9.63 Å². The summed E-state index contributed by atoms with van der Waals surface area (Å²) in [6.45, 7) is 1.55. The van der Waals surface area contributed by atoms with Crippen LogP contribution in [0.15, 0.2) is 64.9 Å². The summed E-state index contributed by atoms with van der Waals surface area (Å²) in [4.78, 5) is 17.3. The van der Waals surface area contributed by atoms with Crippen LogP contribution in [0.25, 0.3) is 10.1 Å². The zero-order chi connectivity index (χ0) is 18.4. The number of oxime groups is 1. The molecule has 6 nitrogen and oxygen atoms in total. The van der Waals surface area contributed by atoms with Crippen LogP contribution >= 0.6 is 11.3 Å². The number of carbonyl (C=O) groups excluding carboxylic acids is 1. The van der Waals surface area contributed by atoms with Gasteiger partial charge in [0.15, 0.2) is 6.61 Å². The molecule has 26 heavy (non-hydrogen) atoms. The van der Waals surface area contributed by atoms with Crippen LogP contribution in [-0.4, -0.2) is 29.5 Å². The molecule has 0 aliphatic rings. The number of hydrogen-bond acceptors (Lipinski definition) is 6. The molecule has 3 aromatic rings. The average molecular weight is 367 g/mol. The third-order valence-corrected chi connectivity index (χ3v) is 4.65. The van der Waals surface area contributed by atoms with Crippen LogP contribution < -0.4 is 5.43 Å². The second-order valence-corrected chi connectivity index (χ2v) is 6.50. The Balaban J connectivity index is 1.52. The Labute approximate surface area is 154 Å². The van der Waals surface area contributed by atoms with Crippen molar-refractivity contribution < 1.29 is 14.7 Å². The van der Waals surface area contributed by atoms with E-state index < -0.39 is 5.91 Å². The fraction of sp³-hybridized carbons (Fsp3) is 0.105. The second-order valence-electron chi connectivity index (χ2n) is 5.42. The molecular weight excluding hydrogens is 350 g/mol. The van der Waals surface area contributed by atoms with E-state index in [2.05, 4.69) is 15.7 Å². The van der Waals surface area contributed by atoms with Crippen LogP contribution in [0.4, 0.5) is 0 Å². The Kier molecular flexibility index (Phi) is 5.60. The number of benzene rings is 2. The summed E-state index contributed by atoms with van der Waals surface area (Å²) in [6, 6.07) is 17.0. The number of rotatable bonds is 6. The molecule has 0 aliphatic heterocycles. The number of amides is 1. The lowest BCUT2D eigenvalue weighted by Gasteiger charge is -2.01. The third kappa shape index (κ3) is 4.25. The van der Waals surface area contributed by atoms with Gasteiger partial charge >= 0.3 is 0 Å². The molecule has 0 fully saturated rings. The van der Waals surface area contributed by atoms with Gasteiger partial charge in [-0.1, -0.05) is 47.6 Å². The zero-order valence-corrected chi connectivity index (χ0v) is 14.9. The quantitative estimate of drug-likeness (QED) is 0.517. The molecule has 1 aromatic heterocycles. The van der Waals surface area contributed by atoms with Gasteiger partial charge in [-0.25, -0.2) is 5.43 Å². The number of carbonyl (C=O) groups is 1. The molecule has 0 bridgehead atoms. The van der Waals surface area contributed by atoms with Crippen molar-refractivity contribution in [2.75, 3.05) is 6.61 Å². The summed E-state index contributed by atoms with van der Waals surface area (Å²) in [5, 5.41) is 18.7. The van der Waals surface area contributed by atoms with Crippen molar-refractivity contribution in [1.82, 2.24) is 5.43 Å². The largest absolute Gasteiger partial charge is 0.506 e. The van der Waals surface area contributed by atoms with E-state index in [0.29, 0.717) is 10.6 Å². The highest BCUT2D eigenvalue weighted by molar-refractivity contribution is 7.21. The normalized spacial score (nSPS) is 11.8. The highest BCUT2D eigenvalue weighted by atomic mass is 32.1. The van der Waals surface area contributed by atoms with Crippen LogP contribution in [0.5, 0.6) is 5.75 Å². The summed E-state index contributed by atoms with van der Waals surface area (Å²) in [7, 11) is 0. The summed E-state index contributed by atoms with van der Waals surface area (Å²) < 4.78 is 0.951. The van der Waals surface area contributed by atoms with E-state index in [9.17, 15) is 9.90 Å². The van der Waals surface area contributed by atoms with Crippen molar-refractivity contribution in [3.8, 4) is 5.75 Å². The lowest BCUT2D eigenvalue weighted by atomic mass is 10.1. The molecule has 0 aliphatic carbocycles. The minimum atomic E-state index is -0.438. The molecule has 0 unspecified atom stereocenters. The maximum Gasteiger partial charge on any atom is 0.280 e. The van der Waals surface area contributed by atoms with Crippen molar-refractivity contribution in [3.63, 3.8) is 0 Å².